The van der Waals surface area contributed by atoms with Crippen LogP contribution >= 0.6 is 0 Å². The number of likely N-dealkylation sites (tertiary alicyclic amines) is 1. The van der Waals surface area contributed by atoms with Crippen molar-refractivity contribution in [3.63, 3.8) is 0 Å². The molecule has 0 aliphatic carbocycles. The smallest absolute Gasteiger partial charge is 0.251 e. The molecule has 10 heteroatoms. The highest BCUT2D eigenvalue weighted by Gasteiger charge is 2.54. The topological polar surface area (TPSA) is 145 Å². The molecule has 0 aromatic heterocycles. The minimum absolute atomic E-state index is 0.0648. The van der Waals surface area contributed by atoms with Gasteiger partial charge in [-0.05, 0) is 43.0 Å². The molecule has 2 saturated heterocycles. The third-order valence-corrected chi connectivity index (χ3v) is 6.46. The fourth-order valence-electron chi connectivity index (χ4n) is 4.69. The lowest BCUT2D eigenvalue weighted by atomic mass is 9.99. The summed E-state index contributed by atoms with van der Waals surface area (Å²) in [5, 5.41) is 15.3. The zero-order valence-corrected chi connectivity index (χ0v) is 20.2. The Morgan fingerprint density at radius 2 is 1.88 bits per heavy atom. The van der Waals surface area contributed by atoms with Gasteiger partial charge in [0, 0.05) is 31.4 Å². The van der Waals surface area contributed by atoms with Crippen molar-refractivity contribution in [2.75, 3.05) is 32.1 Å². The van der Waals surface area contributed by atoms with Gasteiger partial charge in [-0.3, -0.25) is 19.2 Å². The number of Topliss-reactive ketones (excluding diaryl/α,β-unsaturated/α-hetero) is 2. The van der Waals surface area contributed by atoms with Crippen molar-refractivity contribution in [1.82, 2.24) is 15.5 Å². The molecule has 1 unspecified atom stereocenters. The van der Waals surface area contributed by atoms with E-state index in [9.17, 15) is 24.3 Å². The molecule has 34 heavy (non-hydrogen) atoms. The first-order chi connectivity index (χ1) is 16.0. The van der Waals surface area contributed by atoms with E-state index in [4.69, 9.17) is 5.73 Å². The van der Waals surface area contributed by atoms with E-state index in [0.29, 0.717) is 12.0 Å². The maximum Gasteiger partial charge on any atom is 0.251 e. The standard InChI is InChI=1S/C24H35N5O5/c1-13(2)9-18(27-23(33)14-5-7-15(8-6-14)28(3)4)24(34)29-19(22(32)16(25)12-30)10-17-21(29)20(31)11-26-17/h5-8,13,16-19,21,26,30H,9-12,25H2,1-4H3,(H,27,33)/t16-,17+,18-,19?,21-/m0/s1. The van der Waals surface area contributed by atoms with Gasteiger partial charge in [-0.25, -0.2) is 0 Å². The second-order valence-corrected chi connectivity index (χ2v) is 9.68. The van der Waals surface area contributed by atoms with Crippen LogP contribution in [0.15, 0.2) is 24.3 Å². The SMILES string of the molecule is CC(C)C[C@H](NC(=O)c1ccc(N(C)C)cc1)C(=O)N1C(C(=O)[C@@H](N)CO)C[C@H]2NCC(=O)[C@H]21. The second kappa shape index (κ2) is 10.6. The number of carbonyl (C=O) groups is 4. The van der Waals surface area contributed by atoms with Crippen LogP contribution in [0.4, 0.5) is 5.69 Å². The van der Waals surface area contributed by atoms with Gasteiger partial charge < -0.3 is 31.3 Å². The molecular formula is C24H35N5O5. The van der Waals surface area contributed by atoms with Gasteiger partial charge in [-0.15, -0.1) is 0 Å². The number of hydrogen-bond acceptors (Lipinski definition) is 8. The number of rotatable bonds is 9. The van der Waals surface area contributed by atoms with Crippen LogP contribution in [0, 0.1) is 5.92 Å². The third-order valence-electron chi connectivity index (χ3n) is 6.46. The Morgan fingerprint density at radius 3 is 2.44 bits per heavy atom. The molecule has 0 spiro atoms. The van der Waals surface area contributed by atoms with E-state index in [1.165, 1.54) is 4.90 Å². The Bertz CT molecular complexity index is 932. The molecule has 186 valence electrons. The average molecular weight is 474 g/mol. The van der Waals surface area contributed by atoms with E-state index >= 15 is 0 Å². The summed E-state index contributed by atoms with van der Waals surface area (Å²) < 4.78 is 0. The van der Waals surface area contributed by atoms with E-state index in [0.717, 1.165) is 5.69 Å². The van der Waals surface area contributed by atoms with Crippen molar-refractivity contribution >= 4 is 29.1 Å². The van der Waals surface area contributed by atoms with Gasteiger partial charge in [-0.2, -0.15) is 0 Å². The van der Waals surface area contributed by atoms with Crippen molar-refractivity contribution < 1.29 is 24.3 Å². The molecule has 2 heterocycles. The monoisotopic (exact) mass is 473 g/mol. The first kappa shape index (κ1) is 25.8. The summed E-state index contributed by atoms with van der Waals surface area (Å²) in [6, 6.07) is 2.84. The number of aliphatic hydroxyl groups is 1. The van der Waals surface area contributed by atoms with Crippen molar-refractivity contribution in [2.45, 2.75) is 56.9 Å². The average Bonchev–Trinajstić information content (AvgIpc) is 3.36. The van der Waals surface area contributed by atoms with Gasteiger partial charge in [0.05, 0.1) is 25.2 Å². The van der Waals surface area contributed by atoms with Gasteiger partial charge in [0.25, 0.3) is 5.91 Å². The molecule has 3 rings (SSSR count). The number of nitrogens with one attached hydrogen (secondary N) is 2. The van der Waals surface area contributed by atoms with Crippen molar-refractivity contribution in [1.29, 1.82) is 0 Å². The van der Waals surface area contributed by atoms with Crippen molar-refractivity contribution in [3.8, 4) is 0 Å². The summed E-state index contributed by atoms with van der Waals surface area (Å²) in [7, 11) is 3.80. The van der Waals surface area contributed by atoms with Crippen LogP contribution in [-0.2, 0) is 14.4 Å². The summed E-state index contributed by atoms with van der Waals surface area (Å²) >= 11 is 0. The summed E-state index contributed by atoms with van der Waals surface area (Å²) in [5.41, 5.74) is 7.11. The van der Waals surface area contributed by atoms with E-state index < -0.39 is 48.4 Å². The van der Waals surface area contributed by atoms with E-state index in [1.54, 1.807) is 12.1 Å². The predicted molar refractivity (Wildman–Crippen MR) is 127 cm³/mol. The van der Waals surface area contributed by atoms with Gasteiger partial charge in [0.2, 0.25) is 5.91 Å². The van der Waals surface area contributed by atoms with Crippen molar-refractivity contribution in [2.24, 2.45) is 11.7 Å². The lowest BCUT2D eigenvalue weighted by Gasteiger charge is -2.33. The predicted octanol–water partition coefficient (Wildman–Crippen LogP) is -0.704. The van der Waals surface area contributed by atoms with Crippen LogP contribution in [0.3, 0.4) is 0 Å². The van der Waals surface area contributed by atoms with Gasteiger partial charge >= 0.3 is 0 Å². The van der Waals surface area contributed by atoms with E-state index in [2.05, 4.69) is 10.6 Å². The van der Waals surface area contributed by atoms with Crippen LogP contribution in [-0.4, -0.2) is 90.8 Å². The Kier molecular flexibility index (Phi) is 8.06. The number of benzene rings is 1. The number of amides is 2. The molecule has 2 amide bonds. The van der Waals surface area contributed by atoms with Crippen LogP contribution in [0.1, 0.15) is 37.0 Å². The molecule has 0 saturated carbocycles. The van der Waals surface area contributed by atoms with Crippen LogP contribution in [0.2, 0.25) is 0 Å². The highest BCUT2D eigenvalue weighted by atomic mass is 16.3. The Morgan fingerprint density at radius 1 is 1.24 bits per heavy atom. The zero-order valence-electron chi connectivity index (χ0n) is 20.2. The maximum atomic E-state index is 13.8. The minimum Gasteiger partial charge on any atom is -0.394 e. The second-order valence-electron chi connectivity index (χ2n) is 9.68. The molecule has 1 aromatic carbocycles. The maximum absolute atomic E-state index is 13.8. The van der Waals surface area contributed by atoms with Gasteiger partial charge in [-0.1, -0.05) is 13.8 Å². The van der Waals surface area contributed by atoms with Crippen LogP contribution < -0.4 is 21.3 Å². The first-order valence-corrected chi connectivity index (χ1v) is 11.6. The highest BCUT2D eigenvalue weighted by molar-refractivity contribution is 6.02. The van der Waals surface area contributed by atoms with Crippen LogP contribution in [0.5, 0.6) is 0 Å². The molecular weight excluding hydrogens is 438 g/mol. The van der Waals surface area contributed by atoms with E-state index in [1.807, 2.05) is 45.0 Å². The highest BCUT2D eigenvalue weighted by Crippen LogP contribution is 2.31. The minimum atomic E-state index is -1.15. The quantitative estimate of drug-likeness (QED) is 0.368. The number of carbonyl (C=O) groups excluding carboxylic acids is 4. The number of nitrogens with zero attached hydrogens (tertiary/aromatic N) is 2. The van der Waals surface area contributed by atoms with Crippen LogP contribution in [0.25, 0.3) is 0 Å². The molecule has 0 bridgehead atoms. The molecule has 1 aromatic rings. The van der Waals surface area contributed by atoms with Gasteiger partial charge in [0.1, 0.15) is 12.1 Å². The molecule has 2 fully saturated rings. The summed E-state index contributed by atoms with van der Waals surface area (Å²) in [6.45, 7) is 3.42. The molecule has 5 atom stereocenters. The van der Waals surface area contributed by atoms with E-state index in [-0.39, 0.29) is 30.7 Å². The Labute approximate surface area is 199 Å². The summed E-state index contributed by atoms with van der Waals surface area (Å²) in [6.07, 6.45) is 0.575. The third kappa shape index (κ3) is 5.29. The molecule has 5 N–H and O–H groups in total. The number of ketones is 2. The summed E-state index contributed by atoms with van der Waals surface area (Å²) in [5.74, 6) is -1.50. The Balaban J connectivity index is 1.87. The number of nitrogens with two attached hydrogens (primary N) is 1. The summed E-state index contributed by atoms with van der Waals surface area (Å²) in [4.78, 5) is 55.5. The largest absolute Gasteiger partial charge is 0.394 e. The molecule has 2 aliphatic heterocycles. The van der Waals surface area contributed by atoms with Crippen molar-refractivity contribution in [3.05, 3.63) is 29.8 Å². The molecule has 2 aliphatic rings. The first-order valence-electron chi connectivity index (χ1n) is 11.6. The number of fused-ring (bicyclic) bond motifs is 1. The lowest BCUT2D eigenvalue weighted by Crippen LogP contribution is -2.58. The fraction of sp³-hybridized carbons (Fsp3) is 0.583. The fourth-order valence-corrected chi connectivity index (χ4v) is 4.69. The number of anilines is 1. The molecule has 10 nitrogen and oxygen atoms in total. The molecule has 0 radical (unpaired) electrons. The number of hydrogen-bond donors (Lipinski definition) is 4. The normalized spacial score (nSPS) is 23.6. The number of aliphatic hydroxyl groups excluding tert-OH is 1. The Hall–Kier alpha value is -2.82. The van der Waals surface area contributed by atoms with Gasteiger partial charge in [0.15, 0.2) is 11.6 Å². The zero-order chi connectivity index (χ0) is 25.2. The lowest BCUT2D eigenvalue weighted by molar-refractivity contribution is -0.144.